The lowest BCUT2D eigenvalue weighted by molar-refractivity contribution is 0.527. The number of anilines is 2. The lowest BCUT2D eigenvalue weighted by Gasteiger charge is -2.15. The molecule has 0 aliphatic carbocycles. The van der Waals surface area contributed by atoms with Gasteiger partial charge >= 0.3 is 6.01 Å². The molecule has 0 fully saturated rings. The summed E-state index contributed by atoms with van der Waals surface area (Å²) in [5.41, 5.74) is 4.58. The molecule has 124 valence electrons. The maximum Gasteiger partial charge on any atom is 0.317 e. The van der Waals surface area contributed by atoms with Gasteiger partial charge in [0.1, 0.15) is 0 Å². The molecule has 6 heteroatoms. The van der Waals surface area contributed by atoms with Gasteiger partial charge in [-0.25, -0.2) is 0 Å². The minimum absolute atomic E-state index is 0.313. The molecule has 0 radical (unpaired) electrons. The number of nitrogens with zero attached hydrogens (tertiary/aromatic N) is 3. The monoisotopic (exact) mass is 331 g/mol. The first-order valence-corrected chi connectivity index (χ1v) is 7.96. The maximum absolute atomic E-state index is 5.42. The van der Waals surface area contributed by atoms with Gasteiger partial charge in [0, 0.05) is 23.7 Å². The Kier molecular flexibility index (Phi) is 3.78. The Balaban J connectivity index is 1.80. The van der Waals surface area contributed by atoms with Gasteiger partial charge in [-0.3, -0.25) is 4.99 Å². The van der Waals surface area contributed by atoms with E-state index in [0.29, 0.717) is 17.6 Å². The van der Waals surface area contributed by atoms with Gasteiger partial charge in [0.25, 0.3) is 0 Å². The zero-order chi connectivity index (χ0) is 17.2. The first kappa shape index (κ1) is 15.1. The van der Waals surface area contributed by atoms with E-state index in [1.54, 1.807) is 6.92 Å². The van der Waals surface area contributed by atoms with Gasteiger partial charge in [-0.15, -0.1) is 5.10 Å². The number of aliphatic imine (C=N–C) groups is 1. The van der Waals surface area contributed by atoms with Crippen LogP contribution in [0.5, 0.6) is 0 Å². The molecule has 0 saturated heterocycles. The largest absolute Gasteiger partial charge is 0.408 e. The van der Waals surface area contributed by atoms with Crippen molar-refractivity contribution < 1.29 is 4.42 Å². The quantitative estimate of drug-likeness (QED) is 0.767. The molecule has 1 aliphatic heterocycles. The lowest BCUT2D eigenvalue weighted by Crippen LogP contribution is -2.23. The van der Waals surface area contributed by atoms with Gasteiger partial charge in [0.05, 0.1) is 11.4 Å². The van der Waals surface area contributed by atoms with Gasteiger partial charge in [-0.05, 0) is 6.07 Å². The summed E-state index contributed by atoms with van der Waals surface area (Å²) >= 11 is 0. The SMILES string of the molecule is C=C1Nc2ccccc2C(c2ccccc2)=NC1Nc1nnc(C)o1. The van der Waals surface area contributed by atoms with Crippen molar-refractivity contribution in [2.24, 2.45) is 4.99 Å². The van der Waals surface area contributed by atoms with Crippen molar-refractivity contribution in [1.82, 2.24) is 10.2 Å². The van der Waals surface area contributed by atoms with Gasteiger partial charge in [-0.1, -0.05) is 60.2 Å². The summed E-state index contributed by atoms with van der Waals surface area (Å²) in [6.07, 6.45) is -0.442. The number of aromatic nitrogens is 2. The van der Waals surface area contributed by atoms with E-state index in [1.165, 1.54) is 0 Å². The Morgan fingerprint density at radius 2 is 1.80 bits per heavy atom. The van der Waals surface area contributed by atoms with Crippen molar-refractivity contribution in [3.8, 4) is 0 Å². The summed E-state index contributed by atoms with van der Waals surface area (Å²) in [6, 6.07) is 18.4. The molecule has 25 heavy (non-hydrogen) atoms. The second-order valence-electron chi connectivity index (χ2n) is 5.71. The minimum Gasteiger partial charge on any atom is -0.408 e. The van der Waals surface area contributed by atoms with Crippen LogP contribution in [0.3, 0.4) is 0 Å². The molecular formula is C19H17N5O. The Labute approximate surface area is 145 Å². The number of aryl methyl sites for hydroxylation is 1. The Morgan fingerprint density at radius 3 is 2.56 bits per heavy atom. The van der Waals surface area contributed by atoms with Crippen LogP contribution in [0.15, 0.2) is 76.3 Å². The van der Waals surface area contributed by atoms with Crippen LogP contribution in [0.2, 0.25) is 0 Å². The van der Waals surface area contributed by atoms with Gasteiger partial charge in [-0.2, -0.15) is 0 Å². The molecule has 0 spiro atoms. The average Bonchev–Trinajstić information content (AvgIpc) is 2.98. The first-order chi connectivity index (χ1) is 12.2. The highest BCUT2D eigenvalue weighted by Crippen LogP contribution is 2.27. The predicted octanol–water partition coefficient (Wildman–Crippen LogP) is 3.59. The molecule has 2 aromatic carbocycles. The van der Waals surface area contributed by atoms with Crippen LogP contribution in [0.1, 0.15) is 17.0 Å². The zero-order valence-corrected chi connectivity index (χ0v) is 13.7. The molecule has 2 N–H and O–H groups in total. The van der Waals surface area contributed by atoms with Crippen molar-refractivity contribution in [1.29, 1.82) is 0 Å². The topological polar surface area (TPSA) is 75.3 Å². The van der Waals surface area contributed by atoms with Crippen molar-refractivity contribution >= 4 is 17.4 Å². The molecule has 1 aromatic heterocycles. The fraction of sp³-hybridized carbons (Fsp3) is 0.105. The average molecular weight is 331 g/mol. The summed E-state index contributed by atoms with van der Waals surface area (Å²) < 4.78 is 5.42. The standard InChI is InChI=1S/C19H17N5O/c1-12-18(22-19-24-23-13(2)25-19)21-17(14-8-4-3-5-9-14)15-10-6-7-11-16(15)20-12/h3-11,18,20H,1H2,2H3,(H,22,24). The molecule has 4 rings (SSSR count). The molecule has 1 atom stereocenters. The summed E-state index contributed by atoms with van der Waals surface area (Å²) in [6.45, 7) is 5.86. The number of para-hydroxylation sites is 1. The van der Waals surface area contributed by atoms with E-state index in [0.717, 1.165) is 22.5 Å². The number of fused-ring (bicyclic) bond motifs is 1. The molecule has 0 amide bonds. The molecule has 1 unspecified atom stereocenters. The number of hydrogen-bond donors (Lipinski definition) is 2. The smallest absolute Gasteiger partial charge is 0.317 e. The van der Waals surface area contributed by atoms with Crippen LogP contribution in [0.25, 0.3) is 0 Å². The third kappa shape index (κ3) is 3.01. The number of benzene rings is 2. The van der Waals surface area contributed by atoms with Crippen LogP contribution in [-0.2, 0) is 0 Å². The minimum atomic E-state index is -0.442. The Bertz CT molecular complexity index is 945. The maximum atomic E-state index is 5.42. The van der Waals surface area contributed by atoms with E-state index in [9.17, 15) is 0 Å². The summed E-state index contributed by atoms with van der Waals surface area (Å²) in [5.74, 6) is 0.491. The Morgan fingerprint density at radius 1 is 1.04 bits per heavy atom. The molecule has 1 aliphatic rings. The van der Waals surface area contributed by atoms with Gasteiger partial charge in [0.15, 0.2) is 6.17 Å². The van der Waals surface area contributed by atoms with Crippen LogP contribution >= 0.6 is 0 Å². The van der Waals surface area contributed by atoms with Crippen molar-refractivity contribution in [2.75, 3.05) is 10.6 Å². The summed E-state index contributed by atoms with van der Waals surface area (Å²) in [5, 5.41) is 14.3. The lowest BCUT2D eigenvalue weighted by atomic mass is 10.0. The number of rotatable bonds is 3. The van der Waals surface area contributed by atoms with Gasteiger partial charge in [0.2, 0.25) is 5.89 Å². The Hall–Kier alpha value is -3.41. The fourth-order valence-electron chi connectivity index (χ4n) is 2.73. The fourth-order valence-corrected chi connectivity index (χ4v) is 2.73. The van der Waals surface area contributed by atoms with E-state index in [-0.39, 0.29) is 0 Å². The third-order valence-electron chi connectivity index (χ3n) is 3.90. The van der Waals surface area contributed by atoms with E-state index < -0.39 is 6.17 Å². The van der Waals surface area contributed by atoms with E-state index in [1.807, 2.05) is 54.6 Å². The molecule has 2 heterocycles. The zero-order valence-electron chi connectivity index (χ0n) is 13.7. The molecule has 0 bridgehead atoms. The number of hydrogen-bond acceptors (Lipinski definition) is 6. The second-order valence-corrected chi connectivity index (χ2v) is 5.71. The van der Waals surface area contributed by atoms with Crippen LogP contribution < -0.4 is 10.6 Å². The van der Waals surface area contributed by atoms with Crippen LogP contribution in [-0.4, -0.2) is 22.1 Å². The molecule has 0 saturated carbocycles. The van der Waals surface area contributed by atoms with Crippen molar-refractivity contribution in [3.63, 3.8) is 0 Å². The highest BCUT2D eigenvalue weighted by Gasteiger charge is 2.23. The van der Waals surface area contributed by atoms with Gasteiger partial charge < -0.3 is 15.1 Å². The van der Waals surface area contributed by atoms with E-state index >= 15 is 0 Å². The summed E-state index contributed by atoms with van der Waals surface area (Å²) in [4.78, 5) is 4.89. The van der Waals surface area contributed by atoms with Crippen molar-refractivity contribution in [3.05, 3.63) is 83.9 Å². The molecular weight excluding hydrogens is 314 g/mol. The third-order valence-corrected chi connectivity index (χ3v) is 3.90. The van der Waals surface area contributed by atoms with Crippen LogP contribution in [0.4, 0.5) is 11.7 Å². The molecule has 3 aromatic rings. The highest BCUT2D eigenvalue weighted by molar-refractivity contribution is 6.16. The number of benzodiazepines with no additional fused rings is 1. The first-order valence-electron chi connectivity index (χ1n) is 7.96. The van der Waals surface area contributed by atoms with E-state index in [2.05, 4.69) is 27.4 Å². The predicted molar refractivity (Wildman–Crippen MR) is 97.7 cm³/mol. The second kappa shape index (κ2) is 6.24. The van der Waals surface area contributed by atoms with Crippen molar-refractivity contribution in [2.45, 2.75) is 13.1 Å². The van der Waals surface area contributed by atoms with Crippen LogP contribution in [0, 0.1) is 6.92 Å². The summed E-state index contributed by atoms with van der Waals surface area (Å²) in [7, 11) is 0. The highest BCUT2D eigenvalue weighted by atomic mass is 16.4. The molecule has 6 nitrogen and oxygen atoms in total. The van der Waals surface area contributed by atoms with E-state index in [4.69, 9.17) is 9.41 Å². The normalized spacial score (nSPS) is 16.4. The number of nitrogens with one attached hydrogen (secondary N) is 2.